The zero-order valence-corrected chi connectivity index (χ0v) is 9.85. The summed E-state index contributed by atoms with van der Waals surface area (Å²) in [6, 6.07) is 5.39. The summed E-state index contributed by atoms with van der Waals surface area (Å²) < 4.78 is 4.54. The molecule has 7 nitrogen and oxygen atoms in total. The van der Waals surface area contributed by atoms with Gasteiger partial charge in [-0.15, -0.1) is 0 Å². The zero-order chi connectivity index (χ0) is 13.5. The molecule has 0 spiro atoms. The average molecular weight is 252 g/mol. The molecule has 0 atom stereocenters. The van der Waals surface area contributed by atoms with E-state index in [0.717, 1.165) is 6.92 Å². The van der Waals surface area contributed by atoms with Crippen LogP contribution in [0.15, 0.2) is 24.3 Å². The van der Waals surface area contributed by atoms with Crippen molar-refractivity contribution >= 4 is 23.7 Å². The van der Waals surface area contributed by atoms with Gasteiger partial charge < -0.3 is 14.9 Å². The van der Waals surface area contributed by atoms with Crippen molar-refractivity contribution in [3.8, 4) is 0 Å². The minimum atomic E-state index is -0.729. The number of hydrogen-bond acceptors (Lipinski definition) is 5. The number of nitrogens with one attached hydrogen (secondary N) is 2. The first kappa shape index (κ1) is 13.5. The number of esters is 1. The van der Waals surface area contributed by atoms with Gasteiger partial charge in [0, 0.05) is 12.6 Å². The summed E-state index contributed by atoms with van der Waals surface area (Å²) in [4.78, 5) is 37.2. The molecule has 0 saturated heterocycles. The molecule has 0 fully saturated rings. The van der Waals surface area contributed by atoms with Crippen molar-refractivity contribution in [3.63, 3.8) is 0 Å². The van der Waals surface area contributed by atoms with E-state index in [1.165, 1.54) is 13.2 Å². The van der Waals surface area contributed by atoms with Gasteiger partial charge in [0.15, 0.2) is 0 Å². The second-order valence-electron chi connectivity index (χ2n) is 3.22. The SMILES string of the molecule is COC(=O)c1cccc(NC(=O)NOC(C)=O)c1. The Labute approximate surface area is 103 Å². The Morgan fingerprint density at radius 1 is 1.22 bits per heavy atom. The molecule has 0 heterocycles. The molecule has 0 unspecified atom stereocenters. The predicted octanol–water partition coefficient (Wildman–Crippen LogP) is 1.07. The molecular weight excluding hydrogens is 240 g/mol. The van der Waals surface area contributed by atoms with Gasteiger partial charge in [-0.25, -0.2) is 9.59 Å². The summed E-state index contributed by atoms with van der Waals surface area (Å²) in [6.07, 6.45) is 0. The van der Waals surface area contributed by atoms with E-state index in [1.54, 1.807) is 18.2 Å². The van der Waals surface area contributed by atoms with E-state index in [-0.39, 0.29) is 0 Å². The molecule has 1 aromatic rings. The second kappa shape index (κ2) is 6.24. The number of ether oxygens (including phenoxy) is 1. The number of methoxy groups -OCH3 is 1. The zero-order valence-electron chi connectivity index (χ0n) is 9.85. The first-order valence-corrected chi connectivity index (χ1v) is 4.95. The van der Waals surface area contributed by atoms with Crippen LogP contribution in [0, 0.1) is 0 Å². The fourth-order valence-corrected chi connectivity index (χ4v) is 1.12. The molecule has 18 heavy (non-hydrogen) atoms. The molecule has 1 aromatic carbocycles. The highest BCUT2D eigenvalue weighted by atomic mass is 16.7. The molecule has 7 heteroatoms. The Hall–Kier alpha value is -2.57. The second-order valence-corrected chi connectivity index (χ2v) is 3.22. The Morgan fingerprint density at radius 3 is 2.56 bits per heavy atom. The van der Waals surface area contributed by atoms with E-state index >= 15 is 0 Å². The number of rotatable bonds is 2. The lowest BCUT2D eigenvalue weighted by atomic mass is 10.2. The van der Waals surface area contributed by atoms with E-state index in [4.69, 9.17) is 0 Å². The minimum absolute atomic E-state index is 0.294. The highest BCUT2D eigenvalue weighted by molar-refractivity contribution is 5.93. The summed E-state index contributed by atoms with van der Waals surface area (Å²) in [7, 11) is 1.26. The highest BCUT2D eigenvalue weighted by Crippen LogP contribution is 2.11. The lowest BCUT2D eigenvalue weighted by molar-refractivity contribution is -0.145. The number of benzene rings is 1. The van der Waals surface area contributed by atoms with Crippen molar-refractivity contribution in [3.05, 3.63) is 29.8 Å². The van der Waals surface area contributed by atoms with Crippen LogP contribution in [0.25, 0.3) is 0 Å². The third-order valence-corrected chi connectivity index (χ3v) is 1.83. The van der Waals surface area contributed by atoms with Crippen LogP contribution in [0.1, 0.15) is 17.3 Å². The highest BCUT2D eigenvalue weighted by Gasteiger charge is 2.08. The van der Waals surface area contributed by atoms with Crippen LogP contribution in [0.3, 0.4) is 0 Å². The molecule has 0 aliphatic heterocycles. The fourth-order valence-electron chi connectivity index (χ4n) is 1.12. The molecule has 0 radical (unpaired) electrons. The first-order chi connectivity index (χ1) is 8.52. The largest absolute Gasteiger partial charge is 0.465 e. The molecule has 0 aliphatic carbocycles. The molecule has 2 N–H and O–H groups in total. The number of urea groups is 1. The van der Waals surface area contributed by atoms with E-state index in [0.29, 0.717) is 11.3 Å². The standard InChI is InChI=1S/C11H12N2O5/c1-7(14)18-13-11(16)12-9-5-3-4-8(6-9)10(15)17-2/h3-6H,1-2H3,(H2,12,13,16). The monoisotopic (exact) mass is 252 g/mol. The number of carbonyl (C=O) groups is 3. The third-order valence-electron chi connectivity index (χ3n) is 1.83. The van der Waals surface area contributed by atoms with Crippen LogP contribution in [-0.4, -0.2) is 25.1 Å². The summed E-state index contributed by atoms with van der Waals surface area (Å²) in [6.45, 7) is 1.15. The predicted molar refractivity (Wildman–Crippen MR) is 61.7 cm³/mol. The van der Waals surface area contributed by atoms with Crippen LogP contribution in [0.2, 0.25) is 0 Å². The average Bonchev–Trinajstić information content (AvgIpc) is 2.35. The molecular formula is C11H12N2O5. The van der Waals surface area contributed by atoms with E-state index in [9.17, 15) is 14.4 Å². The topological polar surface area (TPSA) is 93.7 Å². The van der Waals surface area contributed by atoms with Gasteiger partial charge >= 0.3 is 18.0 Å². The number of hydrogen-bond donors (Lipinski definition) is 2. The van der Waals surface area contributed by atoms with Crippen molar-refractivity contribution in [2.75, 3.05) is 12.4 Å². The van der Waals surface area contributed by atoms with Crippen molar-refractivity contribution in [2.45, 2.75) is 6.92 Å². The van der Waals surface area contributed by atoms with Crippen LogP contribution >= 0.6 is 0 Å². The van der Waals surface area contributed by atoms with E-state index in [1.807, 2.05) is 5.48 Å². The maximum absolute atomic E-state index is 11.3. The van der Waals surface area contributed by atoms with Crippen molar-refractivity contribution in [1.29, 1.82) is 0 Å². The van der Waals surface area contributed by atoms with Gasteiger partial charge in [-0.05, 0) is 18.2 Å². The Morgan fingerprint density at radius 2 is 1.94 bits per heavy atom. The van der Waals surface area contributed by atoms with Crippen LogP contribution in [0.4, 0.5) is 10.5 Å². The fraction of sp³-hybridized carbons (Fsp3) is 0.182. The molecule has 96 valence electrons. The summed E-state index contributed by atoms with van der Waals surface area (Å²) >= 11 is 0. The van der Waals surface area contributed by atoms with Crippen molar-refractivity contribution in [2.24, 2.45) is 0 Å². The van der Waals surface area contributed by atoms with Gasteiger partial charge in [0.1, 0.15) is 0 Å². The molecule has 0 aromatic heterocycles. The lowest BCUT2D eigenvalue weighted by Crippen LogP contribution is -2.30. The van der Waals surface area contributed by atoms with Crippen LogP contribution in [0.5, 0.6) is 0 Å². The Balaban J connectivity index is 2.64. The summed E-state index contributed by atoms with van der Waals surface area (Å²) in [5, 5.41) is 2.38. The normalized spacial score (nSPS) is 9.22. The molecule has 0 bridgehead atoms. The van der Waals surface area contributed by atoms with Crippen molar-refractivity contribution < 1.29 is 24.0 Å². The number of anilines is 1. The molecule has 1 rings (SSSR count). The van der Waals surface area contributed by atoms with Gasteiger partial charge in [-0.3, -0.25) is 4.79 Å². The Kier molecular flexibility index (Phi) is 4.67. The van der Waals surface area contributed by atoms with Gasteiger partial charge in [0.2, 0.25) is 0 Å². The lowest BCUT2D eigenvalue weighted by Gasteiger charge is -2.07. The Bertz CT molecular complexity index is 472. The summed E-state index contributed by atoms with van der Waals surface area (Å²) in [5.41, 5.74) is 2.54. The van der Waals surface area contributed by atoms with E-state index < -0.39 is 18.0 Å². The quantitative estimate of drug-likeness (QED) is 0.606. The van der Waals surface area contributed by atoms with Crippen molar-refractivity contribution in [1.82, 2.24) is 5.48 Å². The number of carbonyl (C=O) groups excluding carboxylic acids is 3. The van der Waals surface area contributed by atoms with E-state index in [2.05, 4.69) is 14.9 Å². The maximum Gasteiger partial charge on any atom is 0.352 e. The van der Waals surface area contributed by atoms with Crippen LogP contribution < -0.4 is 10.8 Å². The third kappa shape index (κ3) is 4.12. The maximum atomic E-state index is 11.3. The number of hydroxylamine groups is 1. The van der Waals surface area contributed by atoms with Gasteiger partial charge in [0.05, 0.1) is 12.7 Å². The summed E-state index contributed by atoms with van der Waals surface area (Å²) in [5.74, 6) is -1.16. The number of amides is 2. The van der Waals surface area contributed by atoms with Crippen LogP contribution in [-0.2, 0) is 14.4 Å². The molecule has 0 aliphatic rings. The van der Waals surface area contributed by atoms with Gasteiger partial charge in [-0.1, -0.05) is 6.07 Å². The molecule has 2 amide bonds. The minimum Gasteiger partial charge on any atom is -0.465 e. The van der Waals surface area contributed by atoms with Gasteiger partial charge in [0.25, 0.3) is 0 Å². The smallest absolute Gasteiger partial charge is 0.352 e. The first-order valence-electron chi connectivity index (χ1n) is 4.95. The van der Waals surface area contributed by atoms with Gasteiger partial charge in [-0.2, -0.15) is 5.48 Å². The molecule has 0 saturated carbocycles.